The molecule has 0 bridgehead atoms. The maximum absolute atomic E-state index is 2.66. The van der Waals surface area contributed by atoms with Crippen molar-refractivity contribution in [3.05, 3.63) is 150 Å². The number of hydrogen-bond donors (Lipinski definition) is 0. The molecule has 0 fully saturated rings. The molecule has 3 heteroatoms. The minimum absolute atomic E-state index is 0.193. The van der Waals surface area contributed by atoms with Crippen LogP contribution in [0.4, 0.5) is 17.1 Å². The van der Waals surface area contributed by atoms with Gasteiger partial charge in [0.2, 0.25) is 6.71 Å². The van der Waals surface area contributed by atoms with E-state index in [9.17, 15) is 0 Å². The highest BCUT2D eigenvalue weighted by Gasteiger charge is 2.51. The average Bonchev–Trinajstić information content (AvgIpc) is 3.40. The van der Waals surface area contributed by atoms with E-state index < -0.39 is 0 Å². The molecule has 10 rings (SSSR count). The van der Waals surface area contributed by atoms with E-state index in [1.54, 1.807) is 0 Å². The third kappa shape index (κ3) is 3.02. The Kier molecular flexibility index (Phi) is 4.71. The summed E-state index contributed by atoms with van der Waals surface area (Å²) in [7, 11) is 0. The van der Waals surface area contributed by atoms with Crippen LogP contribution in [0.1, 0.15) is 49.9 Å². The van der Waals surface area contributed by atoms with Crippen LogP contribution in [-0.2, 0) is 10.8 Å². The van der Waals surface area contributed by atoms with E-state index in [0.717, 1.165) is 0 Å². The first-order valence-corrected chi connectivity index (χ1v) is 16.2. The van der Waals surface area contributed by atoms with Crippen LogP contribution >= 0.6 is 0 Å². The topological polar surface area (TPSA) is 8.17 Å². The van der Waals surface area contributed by atoms with E-state index >= 15 is 0 Å². The predicted octanol–water partition coefficient (Wildman–Crippen LogP) is 8.36. The Morgan fingerprint density at radius 1 is 0.467 bits per heavy atom. The lowest BCUT2D eigenvalue weighted by molar-refractivity contribution is 0.597. The Bertz CT molecular complexity index is 2250. The van der Waals surface area contributed by atoms with E-state index in [0.29, 0.717) is 0 Å². The molecule has 3 aliphatic heterocycles. The van der Waals surface area contributed by atoms with Crippen LogP contribution in [0.2, 0.25) is 0 Å². The minimum atomic E-state index is -0.193. The first-order valence-electron chi connectivity index (χ1n) is 16.2. The number of benzene rings is 6. The summed E-state index contributed by atoms with van der Waals surface area (Å²) >= 11 is 0. The SMILES string of the molecule is CC1(C)c2cccc3c2N2c4c(cccc4C(C)(C)c4cc(-n5c6ccccc6c6ccccc65)cc1c42)B3c1ccccc1. The molecule has 7 aromatic rings. The zero-order valence-electron chi connectivity index (χ0n) is 26.1. The van der Waals surface area contributed by atoms with Crippen LogP contribution in [0.3, 0.4) is 0 Å². The lowest BCUT2D eigenvalue weighted by Crippen LogP contribution is -2.60. The van der Waals surface area contributed by atoms with Gasteiger partial charge in [-0.15, -0.1) is 0 Å². The number of para-hydroxylation sites is 4. The van der Waals surface area contributed by atoms with Crippen molar-refractivity contribution in [3.63, 3.8) is 0 Å². The van der Waals surface area contributed by atoms with Crippen molar-refractivity contribution in [2.45, 2.75) is 38.5 Å². The Hall–Kier alpha value is -5.02. The van der Waals surface area contributed by atoms with E-state index in [4.69, 9.17) is 0 Å². The number of nitrogens with zero attached hydrogens (tertiary/aromatic N) is 2. The van der Waals surface area contributed by atoms with Crippen molar-refractivity contribution in [2.75, 3.05) is 4.90 Å². The zero-order valence-corrected chi connectivity index (χ0v) is 26.1. The van der Waals surface area contributed by atoms with Crippen LogP contribution in [0, 0.1) is 0 Å². The Balaban J connectivity index is 1.35. The smallest absolute Gasteiger partial charge is 0.246 e. The van der Waals surface area contributed by atoms with Crippen LogP contribution in [0.15, 0.2) is 127 Å². The van der Waals surface area contributed by atoms with Gasteiger partial charge in [-0.25, -0.2) is 0 Å². The van der Waals surface area contributed by atoms with Crippen molar-refractivity contribution in [3.8, 4) is 5.69 Å². The maximum atomic E-state index is 2.66. The zero-order chi connectivity index (χ0) is 30.2. The standard InChI is InChI=1S/C42H33BN2/c1-41(2)30-18-12-20-34-39(30)45-38-32(41)24-27(44-36-22-10-8-16-28(36)29-17-9-11-23-37(29)44)25-33(38)42(3,4)31-19-13-21-35(40(31)45)43(34)26-14-6-5-7-15-26/h5-25H,1-4H3. The molecule has 2 nitrogen and oxygen atoms in total. The molecular formula is C42H33BN2. The van der Waals surface area contributed by atoms with Gasteiger partial charge in [0.15, 0.2) is 0 Å². The van der Waals surface area contributed by atoms with Crippen molar-refractivity contribution < 1.29 is 0 Å². The van der Waals surface area contributed by atoms with Crippen LogP contribution in [-0.4, -0.2) is 11.3 Å². The molecule has 0 unspecified atom stereocenters. The Morgan fingerprint density at radius 3 is 1.49 bits per heavy atom. The van der Waals surface area contributed by atoms with Crippen molar-refractivity contribution in [2.24, 2.45) is 0 Å². The number of aromatic nitrogens is 1. The van der Waals surface area contributed by atoms with Gasteiger partial charge in [-0.2, -0.15) is 0 Å². The number of hydrogen-bond acceptors (Lipinski definition) is 1. The van der Waals surface area contributed by atoms with Gasteiger partial charge < -0.3 is 9.47 Å². The molecule has 0 radical (unpaired) electrons. The molecule has 0 saturated heterocycles. The Morgan fingerprint density at radius 2 is 0.956 bits per heavy atom. The summed E-state index contributed by atoms with van der Waals surface area (Å²) in [6.45, 7) is 9.94. The van der Waals surface area contributed by atoms with Gasteiger partial charge in [0.25, 0.3) is 0 Å². The largest absolute Gasteiger partial charge is 0.310 e. The summed E-state index contributed by atoms with van der Waals surface area (Å²) in [6.07, 6.45) is 0. The van der Waals surface area contributed by atoms with Crippen LogP contribution in [0.5, 0.6) is 0 Å². The highest BCUT2D eigenvalue weighted by molar-refractivity contribution is 6.98. The Labute approximate surface area is 264 Å². The highest BCUT2D eigenvalue weighted by Crippen LogP contribution is 2.60. The number of anilines is 3. The summed E-state index contributed by atoms with van der Waals surface area (Å²) in [6, 6.07) is 47.9. The van der Waals surface area contributed by atoms with Crippen molar-refractivity contribution in [1.29, 1.82) is 0 Å². The third-order valence-electron chi connectivity index (χ3n) is 11.2. The molecule has 4 heterocycles. The normalized spacial score (nSPS) is 16.3. The fraction of sp³-hybridized carbons (Fsp3) is 0.143. The lowest BCUT2D eigenvalue weighted by Gasteiger charge is -2.53. The van der Waals surface area contributed by atoms with Crippen molar-refractivity contribution >= 4 is 62.0 Å². The summed E-state index contributed by atoms with van der Waals surface area (Å²) in [5.74, 6) is 0. The van der Waals surface area contributed by atoms with Gasteiger partial charge in [0.05, 0.1) is 16.7 Å². The van der Waals surface area contributed by atoms with Gasteiger partial charge in [-0.3, -0.25) is 0 Å². The van der Waals surface area contributed by atoms with E-state index in [-0.39, 0.29) is 17.5 Å². The quantitative estimate of drug-likeness (QED) is 0.188. The van der Waals surface area contributed by atoms with Crippen molar-refractivity contribution in [1.82, 2.24) is 4.57 Å². The van der Waals surface area contributed by atoms with Gasteiger partial charge in [-0.05, 0) is 57.4 Å². The molecule has 0 saturated carbocycles. The molecule has 0 spiro atoms. The molecule has 3 aliphatic rings. The molecule has 45 heavy (non-hydrogen) atoms. The minimum Gasteiger partial charge on any atom is -0.310 e. The molecule has 1 aromatic heterocycles. The molecule has 6 aromatic carbocycles. The van der Waals surface area contributed by atoms with E-state index in [1.165, 1.54) is 83.2 Å². The predicted molar refractivity (Wildman–Crippen MR) is 191 cm³/mol. The average molecular weight is 577 g/mol. The first kappa shape index (κ1) is 25.3. The molecule has 0 aliphatic carbocycles. The molecule has 214 valence electrons. The molecular weight excluding hydrogens is 543 g/mol. The van der Waals surface area contributed by atoms with E-state index in [2.05, 4.69) is 165 Å². The summed E-state index contributed by atoms with van der Waals surface area (Å²) in [5.41, 5.74) is 17.2. The van der Waals surface area contributed by atoms with Crippen LogP contribution < -0.4 is 21.3 Å². The maximum Gasteiger partial charge on any atom is 0.246 e. The third-order valence-corrected chi connectivity index (χ3v) is 11.2. The number of fused-ring (bicyclic) bond motifs is 3. The second kappa shape index (κ2) is 8.37. The fourth-order valence-electron chi connectivity index (χ4n) is 9.04. The first-order chi connectivity index (χ1) is 21.9. The van der Waals surface area contributed by atoms with E-state index in [1.807, 2.05) is 0 Å². The summed E-state index contributed by atoms with van der Waals surface area (Å²) < 4.78 is 2.49. The lowest BCUT2D eigenvalue weighted by atomic mass is 9.34. The number of rotatable bonds is 2. The molecule has 0 amide bonds. The van der Waals surface area contributed by atoms with Gasteiger partial charge >= 0.3 is 0 Å². The molecule has 0 atom stereocenters. The second-order valence-corrected chi connectivity index (χ2v) is 14.2. The second-order valence-electron chi connectivity index (χ2n) is 14.2. The van der Waals surface area contributed by atoms with Gasteiger partial charge in [0.1, 0.15) is 0 Å². The van der Waals surface area contributed by atoms with Crippen LogP contribution in [0.25, 0.3) is 27.5 Å². The van der Waals surface area contributed by atoms with Gasteiger partial charge in [-0.1, -0.05) is 136 Å². The fourth-order valence-corrected chi connectivity index (χ4v) is 9.04. The highest BCUT2D eigenvalue weighted by atomic mass is 15.2. The summed E-state index contributed by atoms with van der Waals surface area (Å²) in [5, 5.41) is 2.59. The molecule has 0 N–H and O–H groups in total. The summed E-state index contributed by atoms with van der Waals surface area (Å²) in [4.78, 5) is 2.66. The van der Waals surface area contributed by atoms with Gasteiger partial charge in [0, 0.05) is 38.7 Å². The monoisotopic (exact) mass is 576 g/mol.